The summed E-state index contributed by atoms with van der Waals surface area (Å²) in [6.07, 6.45) is 13.3. The molecule has 176 valence electrons. The number of methoxy groups -OCH3 is 2. The summed E-state index contributed by atoms with van der Waals surface area (Å²) >= 11 is 6.79. The molecule has 0 spiro atoms. The second-order valence-corrected chi connectivity index (χ2v) is 7.83. The van der Waals surface area contributed by atoms with Gasteiger partial charge in [0.05, 0.1) is 35.6 Å². The van der Waals surface area contributed by atoms with E-state index in [-0.39, 0.29) is 13.2 Å². The number of carbonyl (C=O) groups is 1. The summed E-state index contributed by atoms with van der Waals surface area (Å²) in [4.78, 5) is 12.0. The van der Waals surface area contributed by atoms with E-state index in [0.717, 1.165) is 0 Å². The first-order chi connectivity index (χ1) is 16.4. The van der Waals surface area contributed by atoms with Crippen LogP contribution >= 0.6 is 31.9 Å². The van der Waals surface area contributed by atoms with Crippen LogP contribution in [0.25, 0.3) is 0 Å². The van der Waals surface area contributed by atoms with E-state index in [0.29, 0.717) is 43.1 Å². The molecule has 2 aromatic rings. The van der Waals surface area contributed by atoms with Crippen molar-refractivity contribution in [2.45, 2.75) is 0 Å². The number of ether oxygens (including phenoxy) is 4. The fourth-order valence-electron chi connectivity index (χ4n) is 2.49. The molecule has 0 fully saturated rings. The number of hydrogen-bond donors (Lipinski definition) is 2. The zero-order valence-electron chi connectivity index (χ0n) is 18.2. The number of urea groups is 1. The molecule has 2 rings (SSSR count). The van der Waals surface area contributed by atoms with E-state index in [1.165, 1.54) is 26.6 Å². The summed E-state index contributed by atoms with van der Waals surface area (Å²) in [7, 11) is 3.00. The molecule has 0 atom stereocenters. The molecule has 0 heterocycles. The van der Waals surface area contributed by atoms with E-state index in [1.54, 1.807) is 24.3 Å². The molecule has 34 heavy (non-hydrogen) atoms. The summed E-state index contributed by atoms with van der Waals surface area (Å²) in [5.74, 6) is 6.63. The lowest BCUT2D eigenvalue weighted by Crippen LogP contribution is -2.28. The van der Waals surface area contributed by atoms with Crippen LogP contribution in [-0.4, -0.2) is 45.9 Å². The summed E-state index contributed by atoms with van der Waals surface area (Å²) in [5, 5.41) is 7.77. The zero-order chi connectivity index (χ0) is 24.9. The van der Waals surface area contributed by atoms with Gasteiger partial charge in [-0.3, -0.25) is 0 Å². The first-order valence-electron chi connectivity index (χ1n) is 9.43. The number of hydrogen-bond acceptors (Lipinski definition) is 7. The van der Waals surface area contributed by atoms with Gasteiger partial charge in [-0.2, -0.15) is 10.2 Å². The first kappa shape index (κ1) is 26.6. The standard InChI is InChI=1S/C23H20Br2N4O5/c1-5-7-33-21-17(24)9-15(11-19(21)31-3)13-26-28-23(30)29-27-14-16-10-18(25)22(34-8-6-2)20(12-16)32-4/h1-2,9-14H,7-8H2,3-4H3,(H2,28,29,30)/b26-13+,27-14?. The number of hydrazone groups is 2. The number of rotatable bonds is 10. The lowest BCUT2D eigenvalue weighted by molar-refractivity contribution is 0.242. The molecule has 0 aliphatic rings. The van der Waals surface area contributed by atoms with Crippen LogP contribution in [0.4, 0.5) is 4.79 Å². The van der Waals surface area contributed by atoms with E-state index in [1.807, 2.05) is 0 Å². The van der Waals surface area contributed by atoms with Crippen molar-refractivity contribution in [1.82, 2.24) is 10.9 Å². The topological polar surface area (TPSA) is 103 Å². The van der Waals surface area contributed by atoms with Crippen molar-refractivity contribution in [3.8, 4) is 47.7 Å². The van der Waals surface area contributed by atoms with Crippen molar-refractivity contribution in [2.24, 2.45) is 10.2 Å². The van der Waals surface area contributed by atoms with Gasteiger partial charge in [0.2, 0.25) is 0 Å². The van der Waals surface area contributed by atoms with Gasteiger partial charge in [-0.25, -0.2) is 15.6 Å². The highest BCUT2D eigenvalue weighted by atomic mass is 79.9. The molecule has 0 bridgehead atoms. The Kier molecular flexibility index (Phi) is 10.8. The Labute approximate surface area is 214 Å². The highest BCUT2D eigenvalue weighted by molar-refractivity contribution is 9.11. The Bertz CT molecular complexity index is 1080. The van der Waals surface area contributed by atoms with Crippen molar-refractivity contribution in [3.63, 3.8) is 0 Å². The maximum Gasteiger partial charge on any atom is 0.355 e. The lowest BCUT2D eigenvalue weighted by Gasteiger charge is -2.11. The van der Waals surface area contributed by atoms with Crippen LogP contribution in [-0.2, 0) is 0 Å². The van der Waals surface area contributed by atoms with Crippen molar-refractivity contribution in [3.05, 3.63) is 44.3 Å². The van der Waals surface area contributed by atoms with Gasteiger partial charge in [-0.05, 0) is 67.3 Å². The van der Waals surface area contributed by atoms with E-state index in [9.17, 15) is 4.79 Å². The normalized spacial score (nSPS) is 10.4. The van der Waals surface area contributed by atoms with Crippen LogP contribution < -0.4 is 29.8 Å². The summed E-state index contributed by atoms with van der Waals surface area (Å²) in [6, 6.07) is 6.18. The maximum absolute atomic E-state index is 12.0. The lowest BCUT2D eigenvalue weighted by atomic mass is 10.2. The number of nitrogens with one attached hydrogen (secondary N) is 2. The molecule has 9 nitrogen and oxygen atoms in total. The van der Waals surface area contributed by atoms with Gasteiger partial charge in [0.25, 0.3) is 0 Å². The number of carbonyl (C=O) groups excluding carboxylic acids is 1. The van der Waals surface area contributed by atoms with Crippen LogP contribution in [0.1, 0.15) is 11.1 Å². The minimum atomic E-state index is -0.646. The highest BCUT2D eigenvalue weighted by Crippen LogP contribution is 2.37. The maximum atomic E-state index is 12.0. The SMILES string of the molecule is C#CCOc1c(Br)cc(C=NNC(=O)N/N=C/c2cc(Br)c(OCC#C)c(OC)c2)cc1OC. The Morgan fingerprint density at radius 1 is 0.882 bits per heavy atom. The van der Waals surface area contributed by atoms with Gasteiger partial charge in [0.1, 0.15) is 13.2 Å². The van der Waals surface area contributed by atoms with E-state index >= 15 is 0 Å². The van der Waals surface area contributed by atoms with Crippen molar-refractivity contribution in [1.29, 1.82) is 0 Å². The highest BCUT2D eigenvalue weighted by Gasteiger charge is 2.12. The fraction of sp³-hybridized carbons (Fsp3) is 0.174. The van der Waals surface area contributed by atoms with Gasteiger partial charge in [-0.15, -0.1) is 12.8 Å². The monoisotopic (exact) mass is 590 g/mol. The number of halogens is 2. The third-order valence-corrected chi connectivity index (χ3v) is 5.04. The number of terminal acetylenes is 2. The van der Waals surface area contributed by atoms with Crippen LogP contribution in [0, 0.1) is 24.7 Å². The average molecular weight is 592 g/mol. The molecule has 0 saturated heterocycles. The third kappa shape index (κ3) is 7.73. The van der Waals surface area contributed by atoms with E-state index < -0.39 is 6.03 Å². The van der Waals surface area contributed by atoms with Gasteiger partial charge >= 0.3 is 6.03 Å². The molecule has 0 aliphatic heterocycles. The van der Waals surface area contributed by atoms with Gasteiger partial charge < -0.3 is 18.9 Å². The molecular weight excluding hydrogens is 572 g/mol. The largest absolute Gasteiger partial charge is 0.493 e. The zero-order valence-corrected chi connectivity index (χ0v) is 21.4. The molecule has 11 heteroatoms. The van der Waals surface area contributed by atoms with Gasteiger partial charge in [0, 0.05) is 0 Å². The van der Waals surface area contributed by atoms with E-state index in [2.05, 4.69) is 64.8 Å². The Morgan fingerprint density at radius 3 is 1.65 bits per heavy atom. The second-order valence-electron chi connectivity index (χ2n) is 6.12. The summed E-state index contributed by atoms with van der Waals surface area (Å²) in [6.45, 7) is 0.191. The first-order valence-corrected chi connectivity index (χ1v) is 11.0. The minimum absolute atomic E-state index is 0.0953. The van der Waals surface area contributed by atoms with Crippen molar-refractivity contribution in [2.75, 3.05) is 27.4 Å². The predicted octanol–water partition coefficient (Wildman–Crippen LogP) is 3.92. The van der Waals surface area contributed by atoms with Crippen LogP contribution in [0.15, 0.2) is 43.4 Å². The van der Waals surface area contributed by atoms with Crippen LogP contribution in [0.3, 0.4) is 0 Å². The predicted molar refractivity (Wildman–Crippen MR) is 137 cm³/mol. The quantitative estimate of drug-likeness (QED) is 0.248. The molecule has 0 aromatic heterocycles. The molecule has 0 aliphatic carbocycles. The summed E-state index contributed by atoms with van der Waals surface area (Å²) < 4.78 is 22.8. The molecule has 0 saturated carbocycles. The Balaban J connectivity index is 1.98. The van der Waals surface area contributed by atoms with Crippen LogP contribution in [0.2, 0.25) is 0 Å². The second kappa shape index (κ2) is 13.8. The van der Waals surface area contributed by atoms with Crippen molar-refractivity contribution < 1.29 is 23.7 Å². The van der Waals surface area contributed by atoms with Gasteiger partial charge in [-0.1, -0.05) is 11.8 Å². The molecule has 2 amide bonds. The molecule has 0 radical (unpaired) electrons. The van der Waals surface area contributed by atoms with E-state index in [4.69, 9.17) is 31.8 Å². The van der Waals surface area contributed by atoms with Crippen molar-refractivity contribution >= 4 is 50.3 Å². The Morgan fingerprint density at radius 2 is 1.29 bits per heavy atom. The molecule has 2 N–H and O–H groups in total. The molecular formula is C23H20Br2N4O5. The molecule has 2 aromatic carbocycles. The fourth-order valence-corrected chi connectivity index (χ4v) is 3.64. The number of benzene rings is 2. The smallest absolute Gasteiger partial charge is 0.355 e. The average Bonchev–Trinajstić information content (AvgIpc) is 2.82. The molecule has 0 unspecified atom stereocenters. The number of nitrogens with zero attached hydrogens (tertiary/aromatic N) is 2. The number of amides is 2. The summed E-state index contributed by atoms with van der Waals surface area (Å²) in [5.41, 5.74) is 5.90. The van der Waals surface area contributed by atoms with Gasteiger partial charge in [0.15, 0.2) is 23.0 Å². The minimum Gasteiger partial charge on any atom is -0.493 e. The van der Waals surface area contributed by atoms with Crippen LogP contribution in [0.5, 0.6) is 23.0 Å². The Hall–Kier alpha value is -3.67. The third-order valence-electron chi connectivity index (χ3n) is 3.86.